The monoisotopic (exact) mass is 407 g/mol. The van der Waals surface area contributed by atoms with E-state index in [9.17, 15) is 0 Å². The van der Waals surface area contributed by atoms with Gasteiger partial charge in [-0.25, -0.2) is 4.99 Å². The predicted octanol–water partition coefficient (Wildman–Crippen LogP) is 2.74. The highest BCUT2D eigenvalue weighted by Crippen LogP contribution is 2.12. The SMILES string of the molecule is CCOCCCNC(=NCc1ccc(OC)cc1)NCCCOCC1CCCO1. The summed E-state index contributed by atoms with van der Waals surface area (Å²) in [6.45, 7) is 8.07. The Kier molecular flexibility index (Phi) is 12.2. The normalized spacial score (nSPS) is 16.8. The Balaban J connectivity index is 1.70. The average molecular weight is 408 g/mol. The lowest BCUT2D eigenvalue weighted by Crippen LogP contribution is -2.39. The fourth-order valence-corrected chi connectivity index (χ4v) is 2.97. The Morgan fingerprint density at radius 1 is 1.10 bits per heavy atom. The maximum Gasteiger partial charge on any atom is 0.191 e. The van der Waals surface area contributed by atoms with Gasteiger partial charge in [0, 0.05) is 39.5 Å². The van der Waals surface area contributed by atoms with Crippen LogP contribution in [0.15, 0.2) is 29.3 Å². The fourth-order valence-electron chi connectivity index (χ4n) is 2.97. The Hall–Kier alpha value is -1.83. The van der Waals surface area contributed by atoms with Gasteiger partial charge in [0.25, 0.3) is 0 Å². The van der Waals surface area contributed by atoms with Crippen LogP contribution in [0.1, 0.15) is 38.2 Å². The standard InChI is InChI=1S/C22H37N3O4/c1-3-27-14-5-12-23-22(25-17-19-8-10-20(26-2)11-9-19)24-13-6-15-28-18-21-7-4-16-29-21/h8-11,21H,3-7,12-18H2,1-2H3,(H2,23,24,25). The number of hydrogen-bond donors (Lipinski definition) is 2. The molecule has 2 N–H and O–H groups in total. The molecule has 1 heterocycles. The summed E-state index contributed by atoms with van der Waals surface area (Å²) in [5.74, 6) is 1.67. The zero-order chi connectivity index (χ0) is 20.6. The van der Waals surface area contributed by atoms with Gasteiger partial charge in [0.15, 0.2) is 5.96 Å². The second kappa shape index (κ2) is 15.1. The largest absolute Gasteiger partial charge is 0.497 e. The number of benzene rings is 1. The number of guanidine groups is 1. The molecule has 1 aliphatic heterocycles. The second-order valence-electron chi connectivity index (χ2n) is 6.98. The summed E-state index contributed by atoms with van der Waals surface area (Å²) in [7, 11) is 1.67. The maximum atomic E-state index is 5.72. The summed E-state index contributed by atoms with van der Waals surface area (Å²) in [6, 6.07) is 7.99. The van der Waals surface area contributed by atoms with Crippen molar-refractivity contribution in [2.24, 2.45) is 4.99 Å². The molecule has 0 saturated carbocycles. The molecule has 7 heteroatoms. The van der Waals surface area contributed by atoms with E-state index >= 15 is 0 Å². The van der Waals surface area contributed by atoms with Gasteiger partial charge in [0.2, 0.25) is 0 Å². The van der Waals surface area contributed by atoms with Gasteiger partial charge >= 0.3 is 0 Å². The quantitative estimate of drug-likeness (QED) is 0.281. The average Bonchev–Trinajstić information content (AvgIpc) is 3.27. The number of hydrogen-bond acceptors (Lipinski definition) is 5. The molecule has 0 aromatic heterocycles. The third-order valence-corrected chi connectivity index (χ3v) is 4.63. The number of nitrogens with one attached hydrogen (secondary N) is 2. The van der Waals surface area contributed by atoms with Crippen molar-refractivity contribution in [3.8, 4) is 5.75 Å². The first-order valence-corrected chi connectivity index (χ1v) is 10.7. The van der Waals surface area contributed by atoms with Crippen LogP contribution in [0.4, 0.5) is 0 Å². The molecule has 0 bridgehead atoms. The number of nitrogens with zero attached hydrogens (tertiary/aromatic N) is 1. The van der Waals surface area contributed by atoms with Crippen LogP contribution < -0.4 is 15.4 Å². The first-order valence-electron chi connectivity index (χ1n) is 10.7. The van der Waals surface area contributed by atoms with Crippen LogP contribution in [0.25, 0.3) is 0 Å². The van der Waals surface area contributed by atoms with Gasteiger partial charge in [-0.2, -0.15) is 0 Å². The van der Waals surface area contributed by atoms with Gasteiger partial charge in [0.1, 0.15) is 5.75 Å². The van der Waals surface area contributed by atoms with Crippen molar-refractivity contribution in [2.75, 3.05) is 53.2 Å². The molecular weight excluding hydrogens is 370 g/mol. The minimum Gasteiger partial charge on any atom is -0.497 e. The van der Waals surface area contributed by atoms with Crippen molar-refractivity contribution >= 4 is 5.96 Å². The van der Waals surface area contributed by atoms with E-state index in [1.165, 1.54) is 0 Å². The van der Waals surface area contributed by atoms with Gasteiger partial charge in [-0.3, -0.25) is 0 Å². The van der Waals surface area contributed by atoms with Crippen LogP contribution in [-0.4, -0.2) is 65.3 Å². The van der Waals surface area contributed by atoms with Crippen molar-refractivity contribution in [1.29, 1.82) is 0 Å². The molecule has 29 heavy (non-hydrogen) atoms. The summed E-state index contributed by atoms with van der Waals surface area (Å²) >= 11 is 0. The molecule has 1 fully saturated rings. The third kappa shape index (κ3) is 10.5. The van der Waals surface area contributed by atoms with Gasteiger partial charge in [0.05, 0.1) is 26.4 Å². The molecule has 0 amide bonds. The maximum absolute atomic E-state index is 5.72. The first kappa shape index (κ1) is 23.4. The van der Waals surface area contributed by atoms with E-state index in [2.05, 4.69) is 10.6 Å². The van der Waals surface area contributed by atoms with Crippen LogP contribution in [0, 0.1) is 0 Å². The minimum atomic E-state index is 0.289. The summed E-state index contributed by atoms with van der Waals surface area (Å²) in [6.07, 6.45) is 4.43. The molecule has 0 spiro atoms. The Labute approximate surface area is 175 Å². The molecule has 7 nitrogen and oxygen atoms in total. The number of methoxy groups -OCH3 is 1. The highest BCUT2D eigenvalue weighted by molar-refractivity contribution is 5.79. The molecule has 1 atom stereocenters. The van der Waals surface area contributed by atoms with Crippen LogP contribution in [0.2, 0.25) is 0 Å². The lowest BCUT2D eigenvalue weighted by atomic mass is 10.2. The Morgan fingerprint density at radius 2 is 1.83 bits per heavy atom. The molecule has 0 radical (unpaired) electrons. The van der Waals surface area contributed by atoms with Crippen molar-refractivity contribution in [3.63, 3.8) is 0 Å². The van der Waals surface area contributed by atoms with E-state index in [0.717, 1.165) is 82.5 Å². The smallest absolute Gasteiger partial charge is 0.191 e. The Morgan fingerprint density at radius 3 is 2.45 bits per heavy atom. The molecule has 1 aromatic rings. The predicted molar refractivity (Wildman–Crippen MR) is 116 cm³/mol. The van der Waals surface area contributed by atoms with Gasteiger partial charge in [-0.05, 0) is 50.3 Å². The van der Waals surface area contributed by atoms with Crippen LogP contribution in [0.3, 0.4) is 0 Å². The van der Waals surface area contributed by atoms with Crippen LogP contribution in [-0.2, 0) is 20.8 Å². The molecule has 164 valence electrons. The molecule has 0 aliphatic carbocycles. The summed E-state index contributed by atoms with van der Waals surface area (Å²) in [4.78, 5) is 4.70. The highest BCUT2D eigenvalue weighted by atomic mass is 16.5. The summed E-state index contributed by atoms with van der Waals surface area (Å²) < 4.78 is 21.9. The van der Waals surface area contributed by atoms with Crippen LogP contribution >= 0.6 is 0 Å². The first-order chi connectivity index (χ1) is 14.3. The molecular formula is C22H37N3O4. The van der Waals surface area contributed by atoms with E-state index in [1.54, 1.807) is 7.11 Å². The molecule has 1 aliphatic rings. The molecule has 1 saturated heterocycles. The molecule has 1 unspecified atom stereocenters. The number of aliphatic imine (C=N–C) groups is 1. The van der Waals surface area contributed by atoms with Gasteiger partial charge in [-0.15, -0.1) is 0 Å². The fraction of sp³-hybridized carbons (Fsp3) is 0.682. The highest BCUT2D eigenvalue weighted by Gasteiger charge is 2.14. The topological polar surface area (TPSA) is 73.3 Å². The zero-order valence-corrected chi connectivity index (χ0v) is 18.0. The zero-order valence-electron chi connectivity index (χ0n) is 18.0. The van der Waals surface area contributed by atoms with Crippen molar-refractivity contribution in [3.05, 3.63) is 29.8 Å². The second-order valence-corrected chi connectivity index (χ2v) is 6.98. The van der Waals surface area contributed by atoms with Crippen molar-refractivity contribution in [1.82, 2.24) is 10.6 Å². The van der Waals surface area contributed by atoms with E-state index in [-0.39, 0.29) is 6.10 Å². The van der Waals surface area contributed by atoms with Gasteiger partial charge in [-0.1, -0.05) is 12.1 Å². The summed E-state index contributed by atoms with van der Waals surface area (Å²) in [5.41, 5.74) is 1.14. The summed E-state index contributed by atoms with van der Waals surface area (Å²) in [5, 5.41) is 6.77. The Bertz CT molecular complexity index is 560. The molecule has 2 rings (SSSR count). The molecule has 1 aromatic carbocycles. The lowest BCUT2D eigenvalue weighted by Gasteiger charge is -2.14. The lowest BCUT2D eigenvalue weighted by molar-refractivity contribution is 0.0168. The van der Waals surface area contributed by atoms with Crippen molar-refractivity contribution in [2.45, 2.75) is 45.3 Å². The van der Waals surface area contributed by atoms with E-state index in [0.29, 0.717) is 13.2 Å². The number of rotatable bonds is 14. The van der Waals surface area contributed by atoms with E-state index in [1.807, 2.05) is 31.2 Å². The van der Waals surface area contributed by atoms with Crippen molar-refractivity contribution < 1.29 is 18.9 Å². The van der Waals surface area contributed by atoms with E-state index < -0.39 is 0 Å². The number of ether oxygens (including phenoxy) is 4. The minimum absolute atomic E-state index is 0.289. The van der Waals surface area contributed by atoms with E-state index in [4.69, 9.17) is 23.9 Å². The third-order valence-electron chi connectivity index (χ3n) is 4.63. The van der Waals surface area contributed by atoms with Crippen LogP contribution in [0.5, 0.6) is 5.75 Å². The van der Waals surface area contributed by atoms with Gasteiger partial charge < -0.3 is 29.6 Å².